The summed E-state index contributed by atoms with van der Waals surface area (Å²) in [4.78, 5) is 25.1. The van der Waals surface area contributed by atoms with Crippen molar-refractivity contribution in [2.24, 2.45) is 0 Å². The number of amides is 1. The molecule has 1 amide bonds. The van der Waals surface area contributed by atoms with Gasteiger partial charge in [-0.1, -0.05) is 11.6 Å². The van der Waals surface area contributed by atoms with Crippen molar-refractivity contribution >= 4 is 62.4 Å². The molecule has 0 atom stereocenters. The molecule has 4 N–H and O–H groups in total. The fourth-order valence-corrected chi connectivity index (χ4v) is 4.63. The number of aromatic nitrogens is 5. The minimum atomic E-state index is -3.67. The molecule has 1 aliphatic rings. The van der Waals surface area contributed by atoms with Gasteiger partial charge >= 0.3 is 0 Å². The van der Waals surface area contributed by atoms with Crippen molar-refractivity contribution in [3.05, 3.63) is 33.7 Å². The number of nitrogens with one attached hydrogen (secondary N) is 1. The van der Waals surface area contributed by atoms with Crippen LogP contribution in [0.15, 0.2) is 16.8 Å². The first-order valence-corrected chi connectivity index (χ1v) is 13.3. The normalized spacial score (nSPS) is 12.9. The lowest BCUT2D eigenvalue weighted by atomic mass is 10.1. The molecule has 0 aliphatic carbocycles. The Morgan fingerprint density at radius 2 is 2.09 bits per heavy atom. The van der Waals surface area contributed by atoms with Crippen LogP contribution < -0.4 is 15.8 Å². The standard InChI is InChI=1S/C19H20ClN7O2S.CH4O3S/c1-9-6-23-12(15(20)16(9)29-3)7-27-17-14-11(26-27)4-10(5-13(28)22-2)8-30-18(14)25-19(21)24-17;1-5(2,3)4/h4,6H,5,7-8H2,1-3H3,(H,22,28)(H2,21,24,25);1H3,(H,2,3,4). The molecule has 12 nitrogen and oxygen atoms in total. The number of nitrogens with two attached hydrogens (primary N) is 1. The number of methoxy groups -OCH3 is 1. The number of thioether (sulfide) groups is 1. The van der Waals surface area contributed by atoms with E-state index in [2.05, 4.69) is 20.3 Å². The lowest BCUT2D eigenvalue weighted by molar-refractivity contribution is -0.119. The van der Waals surface area contributed by atoms with Crippen molar-refractivity contribution in [3.63, 3.8) is 0 Å². The number of nitrogen functional groups attached to an aromatic ring is 1. The Kier molecular flexibility index (Phi) is 8.20. The Balaban J connectivity index is 0.000000623. The number of carbonyl (C=O) groups excluding carboxylic acids is 1. The Morgan fingerprint density at radius 1 is 1.40 bits per heavy atom. The second kappa shape index (κ2) is 10.8. The van der Waals surface area contributed by atoms with Crippen LogP contribution in [-0.4, -0.2) is 69.8 Å². The van der Waals surface area contributed by atoms with Gasteiger partial charge in [-0.05, 0) is 18.6 Å². The van der Waals surface area contributed by atoms with Crippen LogP contribution in [0.4, 0.5) is 5.95 Å². The van der Waals surface area contributed by atoms with E-state index in [1.807, 2.05) is 13.0 Å². The van der Waals surface area contributed by atoms with Gasteiger partial charge in [0.1, 0.15) is 15.8 Å². The van der Waals surface area contributed by atoms with Crippen LogP contribution in [0.2, 0.25) is 5.02 Å². The molecule has 0 bridgehead atoms. The van der Waals surface area contributed by atoms with Crippen molar-refractivity contribution in [2.45, 2.75) is 24.9 Å². The van der Waals surface area contributed by atoms with E-state index < -0.39 is 10.1 Å². The molecule has 1 aliphatic heterocycles. The highest BCUT2D eigenvalue weighted by atomic mass is 35.5. The maximum Gasteiger partial charge on any atom is 0.261 e. The third-order valence-corrected chi connectivity index (χ3v) is 6.21. The number of rotatable bonds is 5. The van der Waals surface area contributed by atoms with Gasteiger partial charge in [-0.3, -0.25) is 14.3 Å². The number of hydrogen-bond donors (Lipinski definition) is 3. The van der Waals surface area contributed by atoms with Gasteiger partial charge in [0, 0.05) is 31.0 Å². The maximum absolute atomic E-state index is 11.9. The minimum absolute atomic E-state index is 0.0585. The van der Waals surface area contributed by atoms with Crippen LogP contribution in [-0.2, 0) is 21.5 Å². The Hall–Kier alpha value is -2.94. The number of carbonyl (C=O) groups is 1. The van der Waals surface area contributed by atoms with Crippen molar-refractivity contribution in [1.29, 1.82) is 0 Å². The van der Waals surface area contributed by atoms with Gasteiger partial charge in [-0.25, -0.2) is 9.67 Å². The molecule has 3 aromatic rings. The first-order valence-electron chi connectivity index (χ1n) is 10.1. The highest BCUT2D eigenvalue weighted by Crippen LogP contribution is 2.36. The van der Waals surface area contributed by atoms with E-state index >= 15 is 0 Å². The Labute approximate surface area is 211 Å². The predicted molar refractivity (Wildman–Crippen MR) is 134 cm³/mol. The third kappa shape index (κ3) is 6.60. The first-order chi connectivity index (χ1) is 16.4. The molecule has 3 aromatic heterocycles. The summed E-state index contributed by atoms with van der Waals surface area (Å²) in [5.41, 5.74) is 9.64. The summed E-state index contributed by atoms with van der Waals surface area (Å²) in [5.74, 6) is 1.31. The van der Waals surface area contributed by atoms with Crippen LogP contribution in [0.25, 0.3) is 17.1 Å². The van der Waals surface area contributed by atoms with Crippen molar-refractivity contribution < 1.29 is 22.5 Å². The van der Waals surface area contributed by atoms with Gasteiger partial charge in [0.05, 0.1) is 36.7 Å². The fourth-order valence-electron chi connectivity index (χ4n) is 3.29. The van der Waals surface area contributed by atoms with Crippen LogP contribution in [0.3, 0.4) is 0 Å². The highest BCUT2D eigenvalue weighted by Gasteiger charge is 2.23. The lowest BCUT2D eigenvalue weighted by Gasteiger charge is -2.11. The number of ether oxygens (including phenoxy) is 1. The molecule has 0 radical (unpaired) electrons. The number of anilines is 1. The molecule has 35 heavy (non-hydrogen) atoms. The quantitative estimate of drug-likeness (QED) is 0.318. The number of pyridine rings is 1. The lowest BCUT2D eigenvalue weighted by Crippen LogP contribution is -2.18. The minimum Gasteiger partial charge on any atom is -0.495 e. The summed E-state index contributed by atoms with van der Waals surface area (Å²) in [6, 6.07) is 0. The van der Waals surface area contributed by atoms with E-state index in [0.29, 0.717) is 39.8 Å². The topological polar surface area (TPSA) is 175 Å². The molecule has 4 heterocycles. The molecule has 0 unspecified atom stereocenters. The van der Waals surface area contributed by atoms with Crippen molar-refractivity contribution in [2.75, 3.05) is 31.9 Å². The fraction of sp³-hybridized carbons (Fsp3) is 0.350. The molecular formula is C20H24ClN7O5S2. The predicted octanol–water partition coefficient (Wildman–Crippen LogP) is 1.95. The first kappa shape index (κ1) is 26.7. The second-order valence-corrected chi connectivity index (χ2v) is 10.3. The molecule has 188 valence electrons. The number of halogens is 1. The van der Waals surface area contributed by atoms with Crippen LogP contribution >= 0.6 is 23.4 Å². The average molecular weight is 542 g/mol. The smallest absolute Gasteiger partial charge is 0.261 e. The average Bonchev–Trinajstić information content (AvgIpc) is 2.99. The molecule has 0 spiro atoms. The largest absolute Gasteiger partial charge is 0.495 e. The van der Waals surface area contributed by atoms with E-state index in [1.54, 1.807) is 25.0 Å². The molecule has 0 aromatic carbocycles. The summed E-state index contributed by atoms with van der Waals surface area (Å²) in [7, 11) is -0.477. The zero-order chi connectivity index (χ0) is 25.9. The second-order valence-electron chi connectivity index (χ2n) is 7.54. The van der Waals surface area contributed by atoms with Gasteiger partial charge < -0.3 is 15.8 Å². The zero-order valence-corrected chi connectivity index (χ0v) is 21.8. The van der Waals surface area contributed by atoms with E-state index in [9.17, 15) is 13.2 Å². The van der Waals surface area contributed by atoms with Crippen LogP contribution in [0.5, 0.6) is 5.75 Å². The summed E-state index contributed by atoms with van der Waals surface area (Å²) in [5, 5.41) is 9.34. The van der Waals surface area contributed by atoms with Gasteiger partial charge in [0.15, 0.2) is 5.65 Å². The van der Waals surface area contributed by atoms with Crippen molar-refractivity contribution in [3.8, 4) is 5.75 Å². The Morgan fingerprint density at radius 3 is 2.71 bits per heavy atom. The zero-order valence-electron chi connectivity index (χ0n) is 19.4. The monoisotopic (exact) mass is 541 g/mol. The van der Waals surface area contributed by atoms with Crippen molar-refractivity contribution in [1.82, 2.24) is 30.0 Å². The number of hydrogen-bond acceptors (Lipinski definition) is 10. The molecule has 0 saturated heterocycles. The van der Waals surface area contributed by atoms with E-state index in [-0.39, 0.29) is 24.8 Å². The summed E-state index contributed by atoms with van der Waals surface area (Å²) >= 11 is 8.02. The number of nitrogens with zero attached hydrogens (tertiary/aromatic N) is 5. The highest BCUT2D eigenvalue weighted by molar-refractivity contribution is 7.99. The van der Waals surface area contributed by atoms with Crippen LogP contribution in [0, 0.1) is 6.92 Å². The molecule has 0 fully saturated rings. The molecule has 4 rings (SSSR count). The van der Waals surface area contributed by atoms with E-state index in [4.69, 9.17) is 31.7 Å². The van der Waals surface area contributed by atoms with Gasteiger partial charge in [-0.15, -0.1) is 11.8 Å². The molecular weight excluding hydrogens is 518 g/mol. The Bertz CT molecular complexity index is 1420. The van der Waals surface area contributed by atoms with Crippen LogP contribution in [0.1, 0.15) is 23.4 Å². The summed E-state index contributed by atoms with van der Waals surface area (Å²) in [6.45, 7) is 2.16. The summed E-state index contributed by atoms with van der Waals surface area (Å²) < 4.78 is 33.0. The molecule has 0 saturated carbocycles. The molecule has 15 heteroatoms. The SMILES string of the molecule is CNC(=O)CC1=Cc2nn(Cc3ncc(C)c(OC)c3Cl)c3nc(N)nc(c23)SC1.CS(=O)(=O)O. The number of aryl methyl sites for hydroxylation is 1. The van der Waals surface area contributed by atoms with E-state index in [0.717, 1.165) is 21.5 Å². The van der Waals surface area contributed by atoms with Gasteiger partial charge in [-0.2, -0.15) is 18.5 Å². The third-order valence-electron chi connectivity index (χ3n) is 4.73. The van der Waals surface area contributed by atoms with Gasteiger partial charge in [0.25, 0.3) is 10.1 Å². The summed E-state index contributed by atoms with van der Waals surface area (Å²) in [6.07, 6.45) is 4.63. The maximum atomic E-state index is 11.9. The van der Waals surface area contributed by atoms with E-state index in [1.165, 1.54) is 11.8 Å². The van der Waals surface area contributed by atoms with Gasteiger partial charge in [0.2, 0.25) is 11.9 Å².